The van der Waals surface area contributed by atoms with E-state index in [9.17, 15) is 24.3 Å². The molecular formula is C26H25BrClN7O7S2. The fourth-order valence-corrected chi connectivity index (χ4v) is 7.43. The predicted molar refractivity (Wildman–Crippen MR) is 162 cm³/mol. The van der Waals surface area contributed by atoms with E-state index in [0.29, 0.717) is 14.4 Å². The summed E-state index contributed by atoms with van der Waals surface area (Å²) in [6, 6.07) is 2.43. The number of ether oxygens (including phenoxy) is 1. The van der Waals surface area contributed by atoms with Crippen molar-refractivity contribution in [3.8, 4) is 0 Å². The van der Waals surface area contributed by atoms with Gasteiger partial charge in [0.05, 0.1) is 16.7 Å². The summed E-state index contributed by atoms with van der Waals surface area (Å²) in [5.74, 6) is -3.45. The molecule has 0 bridgehead atoms. The van der Waals surface area contributed by atoms with Crippen molar-refractivity contribution >= 4 is 90.9 Å². The number of carbonyl (C=O) groups excluding carboxylic acids is 4. The molecule has 18 heteroatoms. The Balaban J connectivity index is 1.34. The molecular weight excluding hydrogens is 702 g/mol. The van der Waals surface area contributed by atoms with Gasteiger partial charge in [-0.25, -0.2) is 18.7 Å². The number of oxime groups is 1. The number of thioether (sulfide) groups is 1. The van der Waals surface area contributed by atoms with Crippen LogP contribution in [0, 0.1) is 0 Å². The van der Waals surface area contributed by atoms with Gasteiger partial charge >= 0.3 is 5.97 Å². The molecule has 14 nitrogen and oxygen atoms in total. The number of nitrogens with two attached hydrogens (primary N) is 1. The molecule has 2 atom stereocenters. The van der Waals surface area contributed by atoms with Gasteiger partial charge in [0.25, 0.3) is 17.5 Å². The van der Waals surface area contributed by atoms with Gasteiger partial charge in [0.15, 0.2) is 10.8 Å². The number of imidazole rings is 1. The van der Waals surface area contributed by atoms with Crippen molar-refractivity contribution in [3.05, 3.63) is 56.5 Å². The molecule has 0 aromatic carbocycles. The fourth-order valence-electron chi connectivity index (χ4n) is 4.59. The van der Waals surface area contributed by atoms with Crippen LogP contribution in [-0.2, 0) is 35.3 Å². The van der Waals surface area contributed by atoms with E-state index in [1.54, 1.807) is 55.9 Å². The van der Waals surface area contributed by atoms with Gasteiger partial charge in [0.2, 0.25) is 6.61 Å². The molecule has 2 aliphatic heterocycles. The van der Waals surface area contributed by atoms with Crippen molar-refractivity contribution in [1.29, 1.82) is 0 Å². The number of halogens is 2. The molecule has 0 spiro atoms. The third-order valence-electron chi connectivity index (χ3n) is 6.31. The Morgan fingerprint density at radius 2 is 2.09 bits per heavy atom. The summed E-state index contributed by atoms with van der Waals surface area (Å²) in [6.07, 6.45) is 5.28. The number of nitrogens with one attached hydrogen (secondary N) is 1. The third-order valence-corrected chi connectivity index (χ3v) is 9.41. The summed E-state index contributed by atoms with van der Waals surface area (Å²) in [4.78, 5) is 61.3. The zero-order valence-electron chi connectivity index (χ0n) is 23.4. The Morgan fingerprint density at radius 1 is 1.34 bits per heavy atom. The summed E-state index contributed by atoms with van der Waals surface area (Å²) in [5.41, 5.74) is 5.71. The highest BCUT2D eigenvalue weighted by Gasteiger charge is 2.53. The van der Waals surface area contributed by atoms with Crippen LogP contribution in [0.5, 0.6) is 0 Å². The van der Waals surface area contributed by atoms with Crippen LogP contribution >= 0.6 is 50.6 Å². The number of carboxylic acids is 1. The maximum absolute atomic E-state index is 13.4. The predicted octanol–water partition coefficient (Wildman–Crippen LogP) is 0.848. The summed E-state index contributed by atoms with van der Waals surface area (Å²) in [7, 11) is 0. The number of aliphatic carboxylic acids is 1. The number of esters is 1. The number of hydrogen-bond donors (Lipinski definition) is 2. The Morgan fingerprint density at radius 3 is 2.75 bits per heavy atom. The molecule has 0 unspecified atom stereocenters. The Bertz CT molecular complexity index is 1750. The van der Waals surface area contributed by atoms with E-state index >= 15 is 0 Å². The number of thiazole rings is 1. The minimum atomic E-state index is -1.50. The normalized spacial score (nSPS) is 18.6. The highest BCUT2D eigenvalue weighted by molar-refractivity contribution is 9.11. The van der Waals surface area contributed by atoms with Gasteiger partial charge in [-0.2, -0.15) is 0 Å². The van der Waals surface area contributed by atoms with Crippen molar-refractivity contribution in [2.45, 2.75) is 44.3 Å². The Hall–Kier alpha value is -3.67. The molecule has 2 aliphatic rings. The molecule has 0 aliphatic carbocycles. The van der Waals surface area contributed by atoms with Gasteiger partial charge in [-0.1, -0.05) is 28.1 Å². The smallest absolute Gasteiger partial charge is 0.347 e. The zero-order chi connectivity index (χ0) is 31.9. The second-order valence-corrected chi connectivity index (χ2v) is 14.5. The van der Waals surface area contributed by atoms with Crippen LogP contribution in [-0.4, -0.2) is 73.3 Å². The van der Waals surface area contributed by atoms with Crippen LogP contribution in [0.15, 0.2) is 50.9 Å². The van der Waals surface area contributed by atoms with Gasteiger partial charge in [0.1, 0.15) is 51.6 Å². The highest BCUT2D eigenvalue weighted by Crippen LogP contribution is 2.40. The maximum Gasteiger partial charge on any atom is 0.347 e. The van der Waals surface area contributed by atoms with Crippen LogP contribution in [0.1, 0.15) is 26.5 Å². The molecule has 3 N–H and O–H groups in total. The largest absolute Gasteiger partial charge is 0.543 e. The lowest BCUT2D eigenvalue weighted by Crippen LogP contribution is -2.71. The monoisotopic (exact) mass is 725 g/mol. The molecule has 2 amide bonds. The molecule has 232 valence electrons. The first-order valence-corrected chi connectivity index (χ1v) is 16.0. The quantitative estimate of drug-likeness (QED) is 0.105. The maximum atomic E-state index is 13.4. The number of aromatic nitrogens is 3. The van der Waals surface area contributed by atoms with Gasteiger partial charge in [-0.05, 0) is 42.8 Å². The number of anilines is 1. The molecule has 0 radical (unpaired) electrons. The number of fused-ring (bicyclic) bond motifs is 2. The third kappa shape index (κ3) is 6.55. The number of carbonyl (C=O) groups is 4. The first kappa shape index (κ1) is 31.7. The summed E-state index contributed by atoms with van der Waals surface area (Å²) < 4.78 is 9.17. The van der Waals surface area contributed by atoms with E-state index < -0.39 is 47.4 Å². The fraction of sp³-hybridized carbons (Fsp3) is 0.346. The lowest BCUT2D eigenvalue weighted by molar-refractivity contribution is -0.510. The van der Waals surface area contributed by atoms with Crippen molar-refractivity contribution in [1.82, 2.24) is 19.8 Å². The summed E-state index contributed by atoms with van der Waals surface area (Å²) in [6.45, 7) is 4.66. The van der Waals surface area contributed by atoms with Crippen LogP contribution in [0.4, 0.5) is 5.13 Å². The first-order valence-electron chi connectivity index (χ1n) is 12.9. The second kappa shape index (κ2) is 12.4. The van der Waals surface area contributed by atoms with E-state index in [1.807, 2.05) is 4.57 Å². The van der Waals surface area contributed by atoms with Crippen LogP contribution < -0.4 is 20.6 Å². The SMILES string of the molecule is CC(C)(C)OC(=O)CO/N=C(\C(=O)N[C@@H]1C(=O)N2C(C(=O)[O-])=C(Cn3cc[n+]4cc(Cl)ccc34)CS[C@@H]12)c1nc(N)sc1Br. The van der Waals surface area contributed by atoms with E-state index in [4.69, 9.17) is 26.9 Å². The summed E-state index contributed by atoms with van der Waals surface area (Å²) in [5, 5.41) is 18.6. The molecule has 0 saturated carbocycles. The standard InChI is InChI=1S/C26H25BrClN7O7S2/c1-26(2,3)42-15(36)10-41-32-17(16-20(27)44-25(29)31-16)21(37)30-18-22(38)35-19(24(39)40)12(11-43-23(18)35)8-33-6-7-34-9-13(28)4-5-14(33)34/h4-7,9,18,23H,8,10-11H2,1-3H3,(H3-,29,30,31,37,39,40)/b32-17-/t18-,23+/m1/s1. The molecule has 3 aromatic rings. The van der Waals surface area contributed by atoms with Crippen LogP contribution in [0.3, 0.4) is 0 Å². The average molecular weight is 727 g/mol. The number of pyridine rings is 1. The van der Waals surface area contributed by atoms with Crippen molar-refractivity contribution < 1.29 is 38.3 Å². The van der Waals surface area contributed by atoms with Crippen molar-refractivity contribution in [2.75, 3.05) is 18.1 Å². The second-order valence-electron chi connectivity index (χ2n) is 10.6. The van der Waals surface area contributed by atoms with E-state index in [2.05, 4.69) is 31.4 Å². The molecule has 44 heavy (non-hydrogen) atoms. The van der Waals surface area contributed by atoms with E-state index in [-0.39, 0.29) is 34.5 Å². The van der Waals surface area contributed by atoms with Crippen LogP contribution in [0.25, 0.3) is 5.65 Å². The first-order chi connectivity index (χ1) is 20.7. The van der Waals surface area contributed by atoms with E-state index in [0.717, 1.165) is 21.9 Å². The number of hydrogen-bond acceptors (Lipinski definition) is 12. The van der Waals surface area contributed by atoms with Crippen LogP contribution in [0.2, 0.25) is 5.02 Å². The Labute approximate surface area is 271 Å². The molecule has 3 aromatic heterocycles. The van der Waals surface area contributed by atoms with Gasteiger partial charge < -0.3 is 30.5 Å². The van der Waals surface area contributed by atoms with Gasteiger partial charge in [-0.3, -0.25) is 14.5 Å². The number of carboxylic acid groups (broad SMARTS) is 1. The lowest BCUT2D eigenvalue weighted by Gasteiger charge is -2.50. The average Bonchev–Trinajstić information content (AvgIpc) is 3.48. The minimum absolute atomic E-state index is 0.0322. The highest BCUT2D eigenvalue weighted by atomic mass is 79.9. The van der Waals surface area contributed by atoms with Crippen molar-refractivity contribution in [2.24, 2.45) is 5.16 Å². The molecule has 5 rings (SSSR count). The number of nitrogen functional groups attached to an aromatic ring is 1. The molecule has 1 saturated heterocycles. The lowest BCUT2D eigenvalue weighted by atomic mass is 10.0. The van der Waals surface area contributed by atoms with Gasteiger partial charge in [0, 0.05) is 17.4 Å². The number of rotatable bonds is 9. The molecule has 5 heterocycles. The minimum Gasteiger partial charge on any atom is -0.543 e. The zero-order valence-corrected chi connectivity index (χ0v) is 27.4. The topological polar surface area (TPSA) is 185 Å². The number of amides is 2. The summed E-state index contributed by atoms with van der Waals surface area (Å²) >= 11 is 11.7. The van der Waals surface area contributed by atoms with Gasteiger partial charge in [-0.15, -0.1) is 11.8 Å². The number of nitrogens with zero attached hydrogens (tertiary/aromatic N) is 5. The van der Waals surface area contributed by atoms with Crippen molar-refractivity contribution in [3.63, 3.8) is 0 Å². The van der Waals surface area contributed by atoms with E-state index in [1.165, 1.54) is 11.8 Å². The number of β-lactam (4-membered cyclic amide) rings is 1. The molecule has 1 fully saturated rings. The Kier molecular flexibility index (Phi) is 8.93.